The lowest BCUT2D eigenvalue weighted by Gasteiger charge is -2.08. The van der Waals surface area contributed by atoms with Crippen LogP contribution in [0.2, 0.25) is 0 Å². The standard InChI is InChI=1S/C24H25N5O2/c1-17-15-22(24-27-26-18(2)31-24)28-29(17)21-13-8-12-20(16-21)23(30)25-14-7-6-11-19-9-4-3-5-10-19/h3-5,8-10,12-13,15-16H,6-7,11,14H2,1-2H3,(H,25,30). The molecule has 0 saturated carbocycles. The van der Waals surface area contributed by atoms with Gasteiger partial charge in [-0.3, -0.25) is 4.79 Å². The Morgan fingerprint density at radius 3 is 2.61 bits per heavy atom. The van der Waals surface area contributed by atoms with E-state index in [1.165, 1.54) is 5.56 Å². The van der Waals surface area contributed by atoms with E-state index in [9.17, 15) is 4.79 Å². The van der Waals surface area contributed by atoms with Crippen molar-refractivity contribution in [1.29, 1.82) is 0 Å². The number of nitrogens with one attached hydrogen (secondary N) is 1. The average molecular weight is 415 g/mol. The maximum Gasteiger partial charge on any atom is 0.268 e. The number of benzene rings is 2. The second-order valence-electron chi connectivity index (χ2n) is 7.46. The predicted octanol–water partition coefficient (Wildman–Crippen LogP) is 4.29. The molecule has 31 heavy (non-hydrogen) atoms. The van der Waals surface area contributed by atoms with Gasteiger partial charge >= 0.3 is 0 Å². The highest BCUT2D eigenvalue weighted by Crippen LogP contribution is 2.20. The summed E-state index contributed by atoms with van der Waals surface area (Å²) >= 11 is 0. The fourth-order valence-electron chi connectivity index (χ4n) is 3.42. The monoisotopic (exact) mass is 415 g/mol. The van der Waals surface area contributed by atoms with Gasteiger partial charge < -0.3 is 9.73 Å². The Kier molecular flexibility index (Phi) is 6.21. The third-order valence-corrected chi connectivity index (χ3v) is 5.01. The van der Waals surface area contributed by atoms with Crippen LogP contribution in [0.4, 0.5) is 0 Å². The van der Waals surface area contributed by atoms with Crippen molar-refractivity contribution in [1.82, 2.24) is 25.3 Å². The number of carbonyl (C=O) groups is 1. The number of carbonyl (C=O) groups excluding carboxylic acids is 1. The number of nitrogens with zero attached hydrogens (tertiary/aromatic N) is 4. The van der Waals surface area contributed by atoms with E-state index in [1.54, 1.807) is 11.6 Å². The molecule has 0 atom stereocenters. The molecule has 7 heteroatoms. The molecule has 4 aromatic rings. The predicted molar refractivity (Wildman–Crippen MR) is 118 cm³/mol. The van der Waals surface area contributed by atoms with Gasteiger partial charge in [0.1, 0.15) is 5.69 Å². The van der Waals surface area contributed by atoms with E-state index in [4.69, 9.17) is 4.42 Å². The number of aryl methyl sites for hydroxylation is 3. The van der Waals surface area contributed by atoms with Crippen LogP contribution < -0.4 is 5.32 Å². The van der Waals surface area contributed by atoms with Gasteiger partial charge in [-0.1, -0.05) is 36.4 Å². The van der Waals surface area contributed by atoms with Crippen LogP contribution in [0.5, 0.6) is 0 Å². The normalized spacial score (nSPS) is 10.9. The molecule has 1 amide bonds. The fourth-order valence-corrected chi connectivity index (χ4v) is 3.42. The van der Waals surface area contributed by atoms with Crippen molar-refractivity contribution in [2.24, 2.45) is 0 Å². The summed E-state index contributed by atoms with van der Waals surface area (Å²) in [4.78, 5) is 12.6. The molecule has 7 nitrogen and oxygen atoms in total. The summed E-state index contributed by atoms with van der Waals surface area (Å²) in [6, 6.07) is 19.7. The Morgan fingerprint density at radius 2 is 1.84 bits per heavy atom. The van der Waals surface area contributed by atoms with Gasteiger partial charge in [0.05, 0.1) is 5.69 Å². The van der Waals surface area contributed by atoms with Crippen molar-refractivity contribution in [3.63, 3.8) is 0 Å². The minimum atomic E-state index is -0.0841. The number of amides is 1. The minimum absolute atomic E-state index is 0.0841. The molecule has 0 saturated heterocycles. The molecular formula is C24H25N5O2. The van der Waals surface area contributed by atoms with E-state index in [0.29, 0.717) is 29.6 Å². The van der Waals surface area contributed by atoms with Crippen LogP contribution in [0.15, 0.2) is 65.1 Å². The van der Waals surface area contributed by atoms with Gasteiger partial charge in [-0.05, 0) is 56.0 Å². The van der Waals surface area contributed by atoms with E-state index >= 15 is 0 Å². The van der Waals surface area contributed by atoms with E-state index in [-0.39, 0.29) is 5.91 Å². The summed E-state index contributed by atoms with van der Waals surface area (Å²) in [5.41, 5.74) is 4.24. The molecule has 0 unspecified atom stereocenters. The fraction of sp³-hybridized carbons (Fsp3) is 0.250. The Labute approximate surface area is 181 Å². The SMILES string of the molecule is Cc1nnc(-c2cc(C)n(-c3cccc(C(=O)NCCCCc4ccccc4)c3)n2)o1. The number of unbranched alkanes of at least 4 members (excludes halogenated alkanes) is 1. The van der Waals surface area contributed by atoms with Crippen molar-refractivity contribution < 1.29 is 9.21 Å². The Bertz CT molecular complexity index is 1160. The van der Waals surface area contributed by atoms with E-state index < -0.39 is 0 Å². The Morgan fingerprint density at radius 1 is 1.00 bits per heavy atom. The molecule has 0 aliphatic rings. The van der Waals surface area contributed by atoms with Gasteiger partial charge in [-0.15, -0.1) is 10.2 Å². The number of hydrogen-bond acceptors (Lipinski definition) is 5. The summed E-state index contributed by atoms with van der Waals surface area (Å²) in [7, 11) is 0. The van der Waals surface area contributed by atoms with E-state index in [1.807, 2.05) is 43.3 Å². The highest BCUT2D eigenvalue weighted by molar-refractivity contribution is 5.94. The molecule has 4 rings (SSSR count). The van der Waals surface area contributed by atoms with Crippen LogP contribution in [-0.2, 0) is 6.42 Å². The van der Waals surface area contributed by atoms with Gasteiger partial charge in [-0.25, -0.2) is 4.68 Å². The van der Waals surface area contributed by atoms with Gasteiger partial charge in [0.15, 0.2) is 0 Å². The van der Waals surface area contributed by atoms with Gasteiger partial charge in [0.2, 0.25) is 5.89 Å². The zero-order valence-corrected chi connectivity index (χ0v) is 17.7. The largest absolute Gasteiger partial charge is 0.420 e. The molecule has 0 aliphatic heterocycles. The lowest BCUT2D eigenvalue weighted by Crippen LogP contribution is -2.24. The second kappa shape index (κ2) is 9.38. The summed E-state index contributed by atoms with van der Waals surface area (Å²) in [6.07, 6.45) is 2.99. The third-order valence-electron chi connectivity index (χ3n) is 5.01. The topological polar surface area (TPSA) is 85.8 Å². The molecule has 0 aliphatic carbocycles. The van der Waals surface area contributed by atoms with E-state index in [0.717, 1.165) is 30.6 Å². The Balaban J connectivity index is 1.37. The first kappa shape index (κ1) is 20.5. The minimum Gasteiger partial charge on any atom is -0.420 e. The first-order chi connectivity index (χ1) is 15.1. The molecule has 0 fully saturated rings. The number of hydrogen-bond donors (Lipinski definition) is 1. The summed E-state index contributed by atoms with van der Waals surface area (Å²) in [5.74, 6) is 0.785. The van der Waals surface area contributed by atoms with Crippen LogP contribution in [0.1, 0.15) is 40.3 Å². The molecule has 2 aromatic heterocycles. The number of aromatic nitrogens is 4. The van der Waals surface area contributed by atoms with Crippen molar-refractivity contribution in [2.75, 3.05) is 6.54 Å². The molecule has 1 N–H and O–H groups in total. The lowest BCUT2D eigenvalue weighted by atomic mass is 10.1. The Hall–Kier alpha value is -3.74. The first-order valence-electron chi connectivity index (χ1n) is 10.4. The van der Waals surface area contributed by atoms with Crippen molar-refractivity contribution >= 4 is 5.91 Å². The molecule has 0 bridgehead atoms. The third kappa shape index (κ3) is 5.06. The van der Waals surface area contributed by atoms with E-state index in [2.05, 4.69) is 44.9 Å². The van der Waals surface area contributed by atoms with Gasteiger partial charge in [0.25, 0.3) is 11.8 Å². The summed E-state index contributed by atoms with van der Waals surface area (Å²) in [5, 5.41) is 15.5. The van der Waals surface area contributed by atoms with Crippen LogP contribution in [0.25, 0.3) is 17.3 Å². The molecule has 0 spiro atoms. The summed E-state index contributed by atoms with van der Waals surface area (Å²) in [6.45, 7) is 4.33. The lowest BCUT2D eigenvalue weighted by molar-refractivity contribution is 0.0953. The smallest absolute Gasteiger partial charge is 0.268 e. The highest BCUT2D eigenvalue weighted by atomic mass is 16.4. The second-order valence-corrected chi connectivity index (χ2v) is 7.46. The molecule has 2 aromatic carbocycles. The van der Waals surface area contributed by atoms with Crippen molar-refractivity contribution in [2.45, 2.75) is 33.1 Å². The number of rotatable bonds is 8. The van der Waals surface area contributed by atoms with Crippen LogP contribution in [0, 0.1) is 13.8 Å². The molecule has 2 heterocycles. The van der Waals surface area contributed by atoms with Crippen LogP contribution in [-0.4, -0.2) is 32.4 Å². The van der Waals surface area contributed by atoms with Crippen molar-refractivity contribution in [3.8, 4) is 17.3 Å². The molecule has 0 radical (unpaired) electrons. The average Bonchev–Trinajstić information content (AvgIpc) is 3.39. The first-order valence-corrected chi connectivity index (χ1v) is 10.4. The van der Waals surface area contributed by atoms with Crippen LogP contribution >= 0.6 is 0 Å². The maximum absolute atomic E-state index is 12.6. The molecular weight excluding hydrogens is 390 g/mol. The van der Waals surface area contributed by atoms with Gasteiger partial charge in [0, 0.05) is 24.7 Å². The maximum atomic E-state index is 12.6. The zero-order valence-electron chi connectivity index (χ0n) is 17.7. The summed E-state index contributed by atoms with van der Waals surface area (Å²) < 4.78 is 7.24. The quantitative estimate of drug-likeness (QED) is 0.434. The van der Waals surface area contributed by atoms with Crippen LogP contribution in [0.3, 0.4) is 0 Å². The zero-order chi connectivity index (χ0) is 21.6. The molecule has 158 valence electrons. The highest BCUT2D eigenvalue weighted by Gasteiger charge is 2.14. The van der Waals surface area contributed by atoms with Gasteiger partial charge in [-0.2, -0.15) is 5.10 Å². The van der Waals surface area contributed by atoms with Crippen molar-refractivity contribution in [3.05, 3.63) is 83.4 Å².